The lowest BCUT2D eigenvalue weighted by molar-refractivity contribution is 0.159. The summed E-state index contributed by atoms with van der Waals surface area (Å²) in [7, 11) is -3.39. The maximum absolute atomic E-state index is 12.8. The number of nitrogens with zero attached hydrogens (tertiary/aromatic N) is 2. The third kappa shape index (κ3) is 4.69. The van der Waals surface area contributed by atoms with Crippen molar-refractivity contribution in [1.82, 2.24) is 8.61 Å². The van der Waals surface area contributed by atoms with Gasteiger partial charge in [0.1, 0.15) is 0 Å². The van der Waals surface area contributed by atoms with Gasteiger partial charge in [0.05, 0.1) is 0 Å². The SMILES string of the molecule is CCCCCN(C(C)C)S(=O)(=O)N1CCCC(CO)C1. The summed E-state index contributed by atoms with van der Waals surface area (Å²) in [5, 5.41) is 9.26. The first-order valence-electron chi connectivity index (χ1n) is 7.81. The van der Waals surface area contributed by atoms with E-state index < -0.39 is 10.2 Å². The van der Waals surface area contributed by atoms with Gasteiger partial charge in [-0.3, -0.25) is 0 Å². The van der Waals surface area contributed by atoms with Gasteiger partial charge in [0.15, 0.2) is 0 Å². The standard InChI is InChI=1S/C14H30N2O3S/c1-4-5-6-10-16(13(2)3)20(18,19)15-9-7-8-14(11-15)12-17/h13-14,17H,4-12H2,1-3H3. The van der Waals surface area contributed by atoms with E-state index >= 15 is 0 Å². The summed E-state index contributed by atoms with van der Waals surface area (Å²) in [6, 6.07) is -0.0219. The Balaban J connectivity index is 2.75. The first kappa shape index (κ1) is 17.9. The molecular formula is C14H30N2O3S. The molecule has 6 heteroatoms. The second kappa shape index (κ2) is 8.32. The Morgan fingerprint density at radius 1 is 1.35 bits per heavy atom. The maximum atomic E-state index is 12.8. The third-order valence-corrected chi connectivity index (χ3v) is 6.10. The minimum Gasteiger partial charge on any atom is -0.396 e. The number of unbranched alkanes of at least 4 members (excludes halogenated alkanes) is 2. The van der Waals surface area contributed by atoms with Gasteiger partial charge >= 0.3 is 0 Å². The van der Waals surface area contributed by atoms with Crippen molar-refractivity contribution < 1.29 is 13.5 Å². The van der Waals surface area contributed by atoms with Gasteiger partial charge in [0.25, 0.3) is 10.2 Å². The van der Waals surface area contributed by atoms with Crippen molar-refractivity contribution in [3.05, 3.63) is 0 Å². The molecule has 0 saturated carbocycles. The molecule has 1 saturated heterocycles. The smallest absolute Gasteiger partial charge is 0.282 e. The number of hydrogen-bond donors (Lipinski definition) is 1. The molecule has 1 atom stereocenters. The topological polar surface area (TPSA) is 60.9 Å². The van der Waals surface area contributed by atoms with Crippen LogP contribution in [0.25, 0.3) is 0 Å². The summed E-state index contributed by atoms with van der Waals surface area (Å²) >= 11 is 0. The van der Waals surface area contributed by atoms with Crippen molar-refractivity contribution >= 4 is 10.2 Å². The first-order valence-corrected chi connectivity index (χ1v) is 9.21. The van der Waals surface area contributed by atoms with E-state index in [9.17, 15) is 13.5 Å². The Hall–Kier alpha value is -0.170. The lowest BCUT2D eigenvalue weighted by Crippen LogP contribution is -2.50. The highest BCUT2D eigenvalue weighted by Crippen LogP contribution is 2.22. The Kier molecular flexibility index (Phi) is 7.43. The van der Waals surface area contributed by atoms with Crippen molar-refractivity contribution in [2.75, 3.05) is 26.2 Å². The molecule has 0 aromatic heterocycles. The van der Waals surface area contributed by atoms with E-state index in [1.807, 2.05) is 13.8 Å². The van der Waals surface area contributed by atoms with Gasteiger partial charge < -0.3 is 5.11 Å². The van der Waals surface area contributed by atoms with E-state index in [4.69, 9.17) is 0 Å². The zero-order valence-electron chi connectivity index (χ0n) is 13.1. The average Bonchev–Trinajstić information content (AvgIpc) is 2.43. The normalized spacial score (nSPS) is 21.8. The van der Waals surface area contributed by atoms with Gasteiger partial charge in [-0.1, -0.05) is 19.8 Å². The molecule has 0 aromatic rings. The number of aliphatic hydroxyl groups excluding tert-OH is 1. The second-order valence-corrected chi connectivity index (χ2v) is 7.85. The molecule has 0 spiro atoms. The van der Waals surface area contributed by atoms with Crippen molar-refractivity contribution in [2.45, 2.75) is 58.9 Å². The molecule has 1 rings (SSSR count). The van der Waals surface area contributed by atoms with Crippen LogP contribution in [0.2, 0.25) is 0 Å². The van der Waals surface area contributed by atoms with Crippen LogP contribution in [0.1, 0.15) is 52.9 Å². The molecule has 0 aliphatic carbocycles. The van der Waals surface area contributed by atoms with Crippen LogP contribution in [-0.2, 0) is 10.2 Å². The third-order valence-electron chi connectivity index (χ3n) is 3.92. The summed E-state index contributed by atoms with van der Waals surface area (Å²) in [5.74, 6) is 0.0863. The van der Waals surface area contributed by atoms with Crippen molar-refractivity contribution in [3.8, 4) is 0 Å². The molecule has 1 N–H and O–H groups in total. The quantitative estimate of drug-likeness (QED) is 0.696. The van der Waals surface area contributed by atoms with Gasteiger partial charge in [-0.2, -0.15) is 17.0 Å². The van der Waals surface area contributed by atoms with Crippen LogP contribution in [0.15, 0.2) is 0 Å². The highest BCUT2D eigenvalue weighted by atomic mass is 32.2. The Labute approximate surface area is 124 Å². The summed E-state index contributed by atoms with van der Waals surface area (Å²) in [6.07, 6.45) is 4.80. The molecule has 0 radical (unpaired) electrons. The zero-order valence-corrected chi connectivity index (χ0v) is 13.9. The van der Waals surface area contributed by atoms with E-state index in [-0.39, 0.29) is 18.6 Å². The Bertz CT molecular complexity index is 371. The molecule has 20 heavy (non-hydrogen) atoms. The Morgan fingerprint density at radius 2 is 2.05 bits per heavy atom. The fourth-order valence-corrected chi connectivity index (χ4v) is 4.64. The van der Waals surface area contributed by atoms with Crippen LogP contribution in [0, 0.1) is 5.92 Å². The van der Waals surface area contributed by atoms with Crippen LogP contribution < -0.4 is 0 Å². The summed E-state index contributed by atoms with van der Waals surface area (Å²) < 4.78 is 28.7. The number of aliphatic hydroxyl groups is 1. The summed E-state index contributed by atoms with van der Waals surface area (Å²) in [5.41, 5.74) is 0. The van der Waals surface area contributed by atoms with E-state index in [2.05, 4.69) is 6.92 Å². The highest BCUT2D eigenvalue weighted by molar-refractivity contribution is 7.86. The predicted octanol–water partition coefficient (Wildman–Crippen LogP) is 1.84. The summed E-state index contributed by atoms with van der Waals surface area (Å²) in [6.45, 7) is 7.67. The fourth-order valence-electron chi connectivity index (χ4n) is 2.69. The maximum Gasteiger partial charge on any atom is 0.282 e. The van der Waals surface area contributed by atoms with Gasteiger partial charge in [-0.15, -0.1) is 0 Å². The van der Waals surface area contributed by atoms with Gasteiger partial charge in [0.2, 0.25) is 0 Å². The summed E-state index contributed by atoms with van der Waals surface area (Å²) in [4.78, 5) is 0. The molecule has 1 heterocycles. The first-order chi connectivity index (χ1) is 9.43. The number of piperidine rings is 1. The van der Waals surface area contributed by atoms with E-state index in [0.717, 1.165) is 32.1 Å². The van der Waals surface area contributed by atoms with Crippen molar-refractivity contribution in [2.24, 2.45) is 5.92 Å². The van der Waals surface area contributed by atoms with E-state index in [1.54, 1.807) is 8.61 Å². The van der Waals surface area contributed by atoms with Crippen LogP contribution in [-0.4, -0.2) is 54.4 Å². The number of rotatable bonds is 8. The lowest BCUT2D eigenvalue weighted by Gasteiger charge is -2.36. The van der Waals surface area contributed by atoms with Crippen LogP contribution in [0.3, 0.4) is 0 Å². The van der Waals surface area contributed by atoms with Gasteiger partial charge in [-0.25, -0.2) is 0 Å². The minimum atomic E-state index is -3.39. The molecule has 1 aliphatic rings. The monoisotopic (exact) mass is 306 g/mol. The molecule has 1 aliphatic heterocycles. The molecule has 0 bridgehead atoms. The van der Waals surface area contributed by atoms with Crippen LogP contribution in [0.4, 0.5) is 0 Å². The Morgan fingerprint density at radius 3 is 2.60 bits per heavy atom. The molecule has 0 amide bonds. The van der Waals surface area contributed by atoms with Gasteiger partial charge in [0, 0.05) is 32.3 Å². The second-order valence-electron chi connectivity index (χ2n) is 5.97. The average molecular weight is 306 g/mol. The fraction of sp³-hybridized carbons (Fsp3) is 1.00. The molecule has 1 fully saturated rings. The van der Waals surface area contributed by atoms with Crippen molar-refractivity contribution in [3.63, 3.8) is 0 Å². The van der Waals surface area contributed by atoms with E-state index in [1.165, 1.54) is 0 Å². The lowest BCUT2D eigenvalue weighted by atomic mass is 10.0. The molecule has 5 nitrogen and oxygen atoms in total. The van der Waals surface area contributed by atoms with Crippen LogP contribution in [0.5, 0.6) is 0 Å². The molecular weight excluding hydrogens is 276 g/mol. The van der Waals surface area contributed by atoms with Crippen LogP contribution >= 0.6 is 0 Å². The van der Waals surface area contributed by atoms with Gasteiger partial charge in [-0.05, 0) is 39.0 Å². The highest BCUT2D eigenvalue weighted by Gasteiger charge is 2.34. The van der Waals surface area contributed by atoms with Crippen molar-refractivity contribution in [1.29, 1.82) is 0 Å². The molecule has 0 aromatic carbocycles. The number of hydrogen-bond acceptors (Lipinski definition) is 3. The predicted molar refractivity (Wildman–Crippen MR) is 81.7 cm³/mol. The van der Waals surface area contributed by atoms with E-state index in [0.29, 0.717) is 19.6 Å². The molecule has 120 valence electrons. The largest absolute Gasteiger partial charge is 0.396 e. The molecule has 1 unspecified atom stereocenters. The zero-order chi connectivity index (χ0) is 15.2. The minimum absolute atomic E-state index is 0.0219.